The van der Waals surface area contributed by atoms with Crippen molar-refractivity contribution in [3.63, 3.8) is 0 Å². The van der Waals surface area contributed by atoms with Crippen molar-refractivity contribution in [2.24, 2.45) is 0 Å². The molecular weight excluding hydrogens is 272 g/mol. The Hall–Kier alpha value is -2.41. The lowest BCUT2D eigenvalue weighted by Crippen LogP contribution is -2.19. The van der Waals surface area contributed by atoms with Crippen LogP contribution in [0.2, 0.25) is 5.02 Å². The van der Waals surface area contributed by atoms with Crippen molar-refractivity contribution in [3.05, 3.63) is 29.5 Å². The molecule has 0 unspecified atom stereocenters. The Kier molecular flexibility index (Phi) is 2.88. The first-order chi connectivity index (χ1) is 9.22. The smallest absolute Gasteiger partial charge is 0.323 e. The predicted molar refractivity (Wildman–Crippen MR) is 68.8 cm³/mol. The van der Waals surface area contributed by atoms with Crippen molar-refractivity contribution in [3.8, 4) is 11.5 Å². The Morgan fingerprint density at radius 1 is 1.32 bits per heavy atom. The van der Waals surface area contributed by atoms with Crippen molar-refractivity contribution >= 4 is 29.0 Å². The Morgan fingerprint density at radius 3 is 2.84 bits per heavy atom. The van der Waals surface area contributed by atoms with Gasteiger partial charge in [0.15, 0.2) is 11.5 Å². The van der Waals surface area contributed by atoms with E-state index in [0.717, 1.165) is 0 Å². The van der Waals surface area contributed by atoms with Crippen molar-refractivity contribution < 1.29 is 14.3 Å². The van der Waals surface area contributed by atoms with Gasteiger partial charge in [-0.25, -0.2) is 4.79 Å². The lowest BCUT2D eigenvalue weighted by atomic mass is 10.3. The summed E-state index contributed by atoms with van der Waals surface area (Å²) in [5.41, 5.74) is 0.987. The third kappa shape index (κ3) is 2.41. The van der Waals surface area contributed by atoms with Crippen LogP contribution in [-0.2, 0) is 0 Å². The van der Waals surface area contributed by atoms with Crippen LogP contribution in [0.25, 0.3) is 0 Å². The number of hydrogen-bond donors (Lipinski definition) is 3. The molecule has 0 radical (unpaired) electrons. The average molecular weight is 281 g/mol. The van der Waals surface area contributed by atoms with E-state index < -0.39 is 6.03 Å². The number of nitrogens with one attached hydrogen (secondary N) is 3. The van der Waals surface area contributed by atoms with Crippen LogP contribution in [0, 0.1) is 0 Å². The molecule has 8 heteroatoms. The lowest BCUT2D eigenvalue weighted by molar-refractivity contribution is 0.174. The number of nitrogens with zero attached hydrogens (tertiary/aromatic N) is 1. The minimum absolute atomic E-state index is 0.149. The second-order valence-electron chi connectivity index (χ2n) is 3.75. The molecule has 7 nitrogen and oxygen atoms in total. The van der Waals surface area contributed by atoms with Crippen LogP contribution in [0.15, 0.2) is 24.5 Å². The molecule has 1 aliphatic rings. The monoisotopic (exact) mass is 280 g/mol. The Balaban J connectivity index is 1.74. The highest BCUT2D eigenvalue weighted by Crippen LogP contribution is 2.39. The highest BCUT2D eigenvalue weighted by Gasteiger charge is 2.17. The Morgan fingerprint density at radius 2 is 2.11 bits per heavy atom. The molecule has 1 aromatic heterocycles. The summed E-state index contributed by atoms with van der Waals surface area (Å²) in [5, 5.41) is 11.9. The van der Waals surface area contributed by atoms with Crippen LogP contribution >= 0.6 is 11.6 Å². The van der Waals surface area contributed by atoms with E-state index in [0.29, 0.717) is 27.9 Å². The van der Waals surface area contributed by atoms with Crippen LogP contribution in [0.1, 0.15) is 0 Å². The number of carbonyl (C=O) groups excluding carboxylic acids is 1. The van der Waals surface area contributed by atoms with E-state index in [2.05, 4.69) is 20.8 Å². The molecule has 2 aromatic rings. The molecule has 0 fully saturated rings. The number of halogens is 1. The molecule has 2 amide bonds. The number of urea groups is 1. The fourth-order valence-corrected chi connectivity index (χ4v) is 1.82. The molecule has 0 atom stereocenters. The van der Waals surface area contributed by atoms with Gasteiger partial charge in [-0.1, -0.05) is 11.6 Å². The van der Waals surface area contributed by atoms with E-state index in [9.17, 15) is 4.79 Å². The number of carbonyl (C=O) groups is 1. The SMILES string of the molecule is O=C(Nc1cn[nH]c1)Nc1cc2c(cc1Cl)OCO2. The number of rotatable bonds is 2. The van der Waals surface area contributed by atoms with Gasteiger partial charge in [-0.15, -0.1) is 0 Å². The minimum atomic E-state index is -0.429. The quantitative estimate of drug-likeness (QED) is 0.788. The van der Waals surface area contributed by atoms with Crippen LogP contribution < -0.4 is 20.1 Å². The summed E-state index contributed by atoms with van der Waals surface area (Å²) < 4.78 is 10.4. The summed E-state index contributed by atoms with van der Waals surface area (Å²) in [6.45, 7) is 0.149. The molecule has 0 bridgehead atoms. The van der Waals surface area contributed by atoms with Crippen LogP contribution in [0.4, 0.5) is 16.2 Å². The van der Waals surface area contributed by atoms with E-state index in [-0.39, 0.29) is 6.79 Å². The van der Waals surface area contributed by atoms with Gasteiger partial charge < -0.3 is 20.1 Å². The maximum absolute atomic E-state index is 11.7. The van der Waals surface area contributed by atoms with Crippen molar-refractivity contribution in [1.82, 2.24) is 10.2 Å². The summed E-state index contributed by atoms with van der Waals surface area (Å²) in [7, 11) is 0. The number of hydrogen-bond acceptors (Lipinski definition) is 4. The zero-order chi connectivity index (χ0) is 13.2. The molecule has 0 saturated heterocycles. The number of amides is 2. The Bertz CT molecular complexity index is 615. The zero-order valence-corrected chi connectivity index (χ0v) is 10.3. The molecule has 2 heterocycles. The first-order valence-electron chi connectivity index (χ1n) is 5.38. The standard InChI is InChI=1S/C11H9ClN4O3/c12-7-1-9-10(19-5-18-9)2-8(7)16-11(17)15-6-3-13-14-4-6/h1-4H,5H2,(H,13,14)(H2,15,16,17). The van der Waals surface area contributed by atoms with Crippen molar-refractivity contribution in [1.29, 1.82) is 0 Å². The Labute approximate surface area is 112 Å². The van der Waals surface area contributed by atoms with Gasteiger partial charge in [-0.2, -0.15) is 5.10 Å². The molecule has 1 aromatic carbocycles. The summed E-state index contributed by atoms with van der Waals surface area (Å²) >= 11 is 6.04. The van der Waals surface area contributed by atoms with Gasteiger partial charge in [-0.3, -0.25) is 5.10 Å². The van der Waals surface area contributed by atoms with E-state index in [1.54, 1.807) is 18.3 Å². The second-order valence-corrected chi connectivity index (χ2v) is 4.16. The van der Waals surface area contributed by atoms with E-state index in [1.807, 2.05) is 0 Å². The van der Waals surface area contributed by atoms with Crippen molar-refractivity contribution in [2.45, 2.75) is 0 Å². The fraction of sp³-hybridized carbons (Fsp3) is 0.0909. The first-order valence-corrected chi connectivity index (χ1v) is 5.76. The van der Waals surface area contributed by atoms with E-state index in [4.69, 9.17) is 21.1 Å². The predicted octanol–water partition coefficient (Wildman–Crippen LogP) is 2.44. The van der Waals surface area contributed by atoms with Gasteiger partial charge in [0.05, 0.1) is 22.6 Å². The third-order valence-electron chi connectivity index (χ3n) is 2.47. The summed E-state index contributed by atoms with van der Waals surface area (Å²) in [4.78, 5) is 11.7. The number of aromatic nitrogens is 2. The van der Waals surface area contributed by atoms with E-state index >= 15 is 0 Å². The summed E-state index contributed by atoms with van der Waals surface area (Å²) in [6, 6.07) is 2.78. The first kappa shape index (κ1) is 11.7. The van der Waals surface area contributed by atoms with Gasteiger partial charge >= 0.3 is 6.03 Å². The van der Waals surface area contributed by atoms with Gasteiger partial charge in [0.2, 0.25) is 6.79 Å². The molecular formula is C11H9ClN4O3. The number of ether oxygens (including phenoxy) is 2. The van der Waals surface area contributed by atoms with Gasteiger partial charge in [0.1, 0.15) is 0 Å². The minimum Gasteiger partial charge on any atom is -0.454 e. The lowest BCUT2D eigenvalue weighted by Gasteiger charge is -2.08. The summed E-state index contributed by atoms with van der Waals surface area (Å²) in [6.07, 6.45) is 3.04. The highest BCUT2D eigenvalue weighted by molar-refractivity contribution is 6.34. The van der Waals surface area contributed by atoms with Crippen LogP contribution in [-0.4, -0.2) is 23.0 Å². The molecule has 0 saturated carbocycles. The normalized spacial score (nSPS) is 12.3. The fourth-order valence-electron chi connectivity index (χ4n) is 1.62. The average Bonchev–Trinajstić information content (AvgIpc) is 3.00. The second kappa shape index (κ2) is 4.69. The maximum atomic E-state index is 11.7. The number of H-pyrrole nitrogens is 1. The molecule has 1 aliphatic heterocycles. The zero-order valence-electron chi connectivity index (χ0n) is 9.57. The topological polar surface area (TPSA) is 88.3 Å². The summed E-state index contributed by atoms with van der Waals surface area (Å²) in [5.74, 6) is 1.11. The number of aromatic amines is 1. The van der Waals surface area contributed by atoms with Crippen LogP contribution in [0.5, 0.6) is 11.5 Å². The van der Waals surface area contributed by atoms with E-state index in [1.165, 1.54) is 6.20 Å². The number of anilines is 2. The molecule has 98 valence electrons. The maximum Gasteiger partial charge on any atom is 0.323 e. The molecule has 3 rings (SSSR count). The molecule has 19 heavy (non-hydrogen) atoms. The van der Waals surface area contributed by atoms with Gasteiger partial charge in [-0.05, 0) is 0 Å². The van der Waals surface area contributed by atoms with Gasteiger partial charge in [0, 0.05) is 18.3 Å². The number of fused-ring (bicyclic) bond motifs is 1. The third-order valence-corrected chi connectivity index (χ3v) is 2.78. The highest BCUT2D eigenvalue weighted by atomic mass is 35.5. The van der Waals surface area contributed by atoms with Crippen LogP contribution in [0.3, 0.4) is 0 Å². The largest absolute Gasteiger partial charge is 0.454 e. The van der Waals surface area contributed by atoms with Crippen molar-refractivity contribution in [2.75, 3.05) is 17.4 Å². The molecule has 3 N–H and O–H groups in total. The molecule has 0 aliphatic carbocycles. The number of benzene rings is 1. The van der Waals surface area contributed by atoms with Gasteiger partial charge in [0.25, 0.3) is 0 Å². The molecule has 0 spiro atoms.